The smallest absolute Gasteiger partial charge is 0.250 e. The molecule has 0 bridgehead atoms. The summed E-state index contributed by atoms with van der Waals surface area (Å²) in [6.45, 7) is 4.04. The Morgan fingerprint density at radius 1 is 0.741 bits per heavy atom. The summed E-state index contributed by atoms with van der Waals surface area (Å²) in [6, 6.07) is 10.0. The summed E-state index contributed by atoms with van der Waals surface area (Å²) in [4.78, 5) is 18.6. The van der Waals surface area contributed by atoms with E-state index in [9.17, 15) is 0 Å². The maximum atomic E-state index is 4.78. The van der Waals surface area contributed by atoms with E-state index >= 15 is 0 Å². The Balaban J connectivity index is 1.55. The fourth-order valence-corrected chi connectivity index (χ4v) is 3.58. The number of benzene rings is 1. The Hall–Kier alpha value is -2.70. The molecular formula is C20H27N7. The molecule has 7 heteroatoms. The highest BCUT2D eigenvalue weighted by atomic mass is 15.4. The van der Waals surface area contributed by atoms with Crippen molar-refractivity contribution in [2.75, 3.05) is 41.4 Å². The first kappa shape index (κ1) is 17.7. The fraction of sp³-hybridized carbons (Fsp3) is 0.500. The van der Waals surface area contributed by atoms with Crippen molar-refractivity contribution in [3.8, 4) is 0 Å². The van der Waals surface area contributed by atoms with E-state index in [4.69, 9.17) is 4.98 Å². The van der Waals surface area contributed by atoms with Crippen molar-refractivity contribution in [3.63, 3.8) is 0 Å². The highest BCUT2D eigenvalue weighted by Crippen LogP contribution is 2.22. The lowest BCUT2D eigenvalue weighted by Gasteiger charge is -2.30. The molecule has 1 aromatic carbocycles. The van der Waals surface area contributed by atoms with Crippen LogP contribution in [-0.4, -0.2) is 47.3 Å². The van der Waals surface area contributed by atoms with Crippen LogP contribution in [0.4, 0.5) is 17.8 Å². The van der Waals surface area contributed by atoms with Gasteiger partial charge in [-0.05, 0) is 44.1 Å². The van der Waals surface area contributed by atoms with Crippen molar-refractivity contribution in [2.45, 2.75) is 38.5 Å². The topological polar surface area (TPSA) is 69.5 Å². The van der Waals surface area contributed by atoms with Crippen LogP contribution in [0.1, 0.15) is 44.1 Å². The Labute approximate surface area is 160 Å². The molecule has 1 aromatic heterocycles. The van der Waals surface area contributed by atoms with Gasteiger partial charge in [0.25, 0.3) is 0 Å². The lowest BCUT2D eigenvalue weighted by Crippen LogP contribution is -2.34. The summed E-state index contributed by atoms with van der Waals surface area (Å²) >= 11 is 0. The minimum absolute atomic E-state index is 0.512. The molecule has 4 rings (SSSR count). The molecule has 2 aliphatic heterocycles. The van der Waals surface area contributed by atoms with Crippen molar-refractivity contribution >= 4 is 24.1 Å². The van der Waals surface area contributed by atoms with E-state index in [-0.39, 0.29) is 0 Å². The third kappa shape index (κ3) is 4.72. The van der Waals surface area contributed by atoms with Crippen LogP contribution < -0.4 is 15.2 Å². The summed E-state index contributed by atoms with van der Waals surface area (Å²) < 4.78 is 0. The zero-order chi connectivity index (χ0) is 18.3. The van der Waals surface area contributed by atoms with Crippen LogP contribution in [0, 0.1) is 0 Å². The molecule has 27 heavy (non-hydrogen) atoms. The van der Waals surface area contributed by atoms with Gasteiger partial charge < -0.3 is 9.80 Å². The summed E-state index contributed by atoms with van der Waals surface area (Å²) in [5.41, 5.74) is 4.04. The van der Waals surface area contributed by atoms with E-state index < -0.39 is 0 Å². The maximum Gasteiger partial charge on any atom is 0.250 e. The fourth-order valence-electron chi connectivity index (χ4n) is 3.58. The standard InChI is InChI=1S/C20H27N7/c1-4-10-17(11-5-1)16-21-25-18-22-19(26-12-6-2-7-13-26)24-20(23-18)27-14-8-3-9-15-27/h1,4-5,10-11,16H,2-3,6-9,12-15H2,(H,22,23,24,25)/b21-16+. The number of nitrogens with zero attached hydrogens (tertiary/aromatic N) is 6. The quantitative estimate of drug-likeness (QED) is 0.648. The molecule has 2 fully saturated rings. The third-order valence-corrected chi connectivity index (χ3v) is 5.07. The van der Waals surface area contributed by atoms with E-state index in [0.29, 0.717) is 5.95 Å². The maximum absolute atomic E-state index is 4.78. The van der Waals surface area contributed by atoms with Gasteiger partial charge in [0.2, 0.25) is 17.8 Å². The second-order valence-corrected chi connectivity index (χ2v) is 7.14. The molecule has 0 spiro atoms. The van der Waals surface area contributed by atoms with Gasteiger partial charge in [-0.25, -0.2) is 5.43 Å². The molecule has 0 aliphatic carbocycles. The van der Waals surface area contributed by atoms with Gasteiger partial charge in [0.15, 0.2) is 0 Å². The lowest BCUT2D eigenvalue weighted by atomic mass is 10.1. The van der Waals surface area contributed by atoms with Gasteiger partial charge in [0, 0.05) is 26.2 Å². The predicted octanol–water partition coefficient (Wildman–Crippen LogP) is 3.30. The number of anilines is 3. The molecule has 0 amide bonds. The summed E-state index contributed by atoms with van der Waals surface area (Å²) in [7, 11) is 0. The first-order valence-corrected chi connectivity index (χ1v) is 9.98. The number of piperidine rings is 2. The van der Waals surface area contributed by atoms with Crippen LogP contribution >= 0.6 is 0 Å². The van der Waals surface area contributed by atoms with Crippen LogP contribution in [0.5, 0.6) is 0 Å². The Bertz CT molecular complexity index is 714. The van der Waals surface area contributed by atoms with E-state index in [1.54, 1.807) is 6.21 Å². The predicted molar refractivity (Wildman–Crippen MR) is 110 cm³/mol. The SMILES string of the molecule is C(=N\Nc1nc(N2CCCCC2)nc(N2CCCCC2)n1)/c1ccccc1. The molecule has 0 saturated carbocycles. The zero-order valence-corrected chi connectivity index (χ0v) is 15.7. The molecule has 0 unspecified atom stereocenters. The average Bonchev–Trinajstić information content (AvgIpc) is 2.76. The van der Waals surface area contributed by atoms with E-state index in [1.807, 2.05) is 30.3 Å². The average molecular weight is 365 g/mol. The zero-order valence-electron chi connectivity index (χ0n) is 15.7. The second kappa shape index (κ2) is 8.79. The van der Waals surface area contributed by atoms with Crippen molar-refractivity contribution in [2.24, 2.45) is 5.10 Å². The first-order chi connectivity index (χ1) is 13.4. The van der Waals surface area contributed by atoms with E-state index in [0.717, 1.165) is 43.6 Å². The van der Waals surface area contributed by atoms with Crippen molar-refractivity contribution in [3.05, 3.63) is 35.9 Å². The molecule has 1 N–H and O–H groups in total. The molecule has 2 aliphatic rings. The monoisotopic (exact) mass is 365 g/mol. The second-order valence-electron chi connectivity index (χ2n) is 7.14. The van der Waals surface area contributed by atoms with Gasteiger partial charge in [-0.2, -0.15) is 20.1 Å². The molecule has 7 nitrogen and oxygen atoms in total. The number of aromatic nitrogens is 3. The number of hydrogen-bond acceptors (Lipinski definition) is 7. The summed E-state index contributed by atoms with van der Waals surface area (Å²) in [6.07, 6.45) is 9.13. The number of hydrazone groups is 1. The Morgan fingerprint density at radius 2 is 1.30 bits per heavy atom. The van der Waals surface area contributed by atoms with Crippen LogP contribution in [0.2, 0.25) is 0 Å². The Morgan fingerprint density at radius 3 is 1.85 bits per heavy atom. The first-order valence-electron chi connectivity index (χ1n) is 9.98. The Kier molecular flexibility index (Phi) is 5.76. The minimum atomic E-state index is 0.512. The number of hydrogen-bond donors (Lipinski definition) is 1. The lowest BCUT2D eigenvalue weighted by molar-refractivity contribution is 0.556. The third-order valence-electron chi connectivity index (χ3n) is 5.07. The molecule has 0 atom stereocenters. The largest absolute Gasteiger partial charge is 0.341 e. The molecular weight excluding hydrogens is 338 g/mol. The van der Waals surface area contributed by atoms with Crippen molar-refractivity contribution in [1.82, 2.24) is 15.0 Å². The van der Waals surface area contributed by atoms with Crippen molar-refractivity contribution < 1.29 is 0 Å². The molecule has 3 heterocycles. The van der Waals surface area contributed by atoms with Gasteiger partial charge in [-0.15, -0.1) is 0 Å². The highest BCUT2D eigenvalue weighted by Gasteiger charge is 2.20. The minimum Gasteiger partial charge on any atom is -0.341 e. The van der Waals surface area contributed by atoms with Gasteiger partial charge in [-0.3, -0.25) is 0 Å². The summed E-state index contributed by atoms with van der Waals surface area (Å²) in [5, 5.41) is 4.32. The van der Waals surface area contributed by atoms with Crippen LogP contribution in [-0.2, 0) is 0 Å². The van der Waals surface area contributed by atoms with Crippen molar-refractivity contribution in [1.29, 1.82) is 0 Å². The normalized spacial score (nSPS) is 18.1. The van der Waals surface area contributed by atoms with Crippen LogP contribution in [0.25, 0.3) is 0 Å². The van der Waals surface area contributed by atoms with Gasteiger partial charge in [0.05, 0.1) is 6.21 Å². The molecule has 142 valence electrons. The number of rotatable bonds is 5. The van der Waals surface area contributed by atoms with E-state index in [1.165, 1.54) is 38.5 Å². The number of nitrogens with one attached hydrogen (secondary N) is 1. The van der Waals surface area contributed by atoms with Gasteiger partial charge in [-0.1, -0.05) is 30.3 Å². The molecule has 0 radical (unpaired) electrons. The van der Waals surface area contributed by atoms with Gasteiger partial charge in [0.1, 0.15) is 0 Å². The van der Waals surface area contributed by atoms with Crippen LogP contribution in [0.3, 0.4) is 0 Å². The van der Waals surface area contributed by atoms with Gasteiger partial charge >= 0.3 is 0 Å². The highest BCUT2D eigenvalue weighted by molar-refractivity contribution is 5.79. The molecule has 2 aromatic rings. The molecule has 2 saturated heterocycles. The summed E-state index contributed by atoms with van der Waals surface area (Å²) in [5.74, 6) is 2.05. The van der Waals surface area contributed by atoms with Crippen LogP contribution in [0.15, 0.2) is 35.4 Å². The van der Waals surface area contributed by atoms with E-state index in [2.05, 4.69) is 30.3 Å².